The van der Waals surface area contributed by atoms with Gasteiger partial charge in [-0.1, -0.05) is 0 Å². The monoisotopic (exact) mass is 191 g/mol. The van der Waals surface area contributed by atoms with Crippen LogP contribution in [0.4, 0.5) is 8.78 Å². The SMILES string of the molecule is CC(=O)C[C@H]1CCN(C)CC1(F)F. The zero-order valence-corrected chi connectivity index (χ0v) is 8.02. The molecule has 1 saturated heterocycles. The molecule has 0 unspecified atom stereocenters. The standard InChI is InChI=1S/C9H15F2NO/c1-7(13)5-8-3-4-12(2)6-9(8,10)11/h8H,3-6H2,1-2H3/t8-/m1/s1. The number of carbonyl (C=O) groups excluding carboxylic acids is 1. The van der Waals surface area contributed by atoms with E-state index in [0.29, 0.717) is 13.0 Å². The molecule has 13 heavy (non-hydrogen) atoms. The second-order valence-corrected chi connectivity index (χ2v) is 3.89. The number of rotatable bonds is 2. The summed E-state index contributed by atoms with van der Waals surface area (Å²) in [6.45, 7) is 1.81. The Kier molecular flexibility index (Phi) is 3.01. The van der Waals surface area contributed by atoms with Gasteiger partial charge in [0.05, 0.1) is 6.54 Å². The van der Waals surface area contributed by atoms with Crippen molar-refractivity contribution in [3.05, 3.63) is 0 Å². The third-order valence-corrected chi connectivity index (χ3v) is 2.47. The van der Waals surface area contributed by atoms with Crippen LogP contribution in [-0.2, 0) is 4.79 Å². The Bertz CT molecular complexity index is 206. The number of alkyl halides is 2. The highest BCUT2D eigenvalue weighted by atomic mass is 19.3. The number of carbonyl (C=O) groups is 1. The quantitative estimate of drug-likeness (QED) is 0.660. The molecule has 1 atom stereocenters. The van der Waals surface area contributed by atoms with E-state index in [-0.39, 0.29) is 18.7 Å². The van der Waals surface area contributed by atoms with Gasteiger partial charge in [0.25, 0.3) is 5.92 Å². The fourth-order valence-corrected chi connectivity index (χ4v) is 1.75. The Morgan fingerprint density at radius 3 is 2.69 bits per heavy atom. The van der Waals surface area contributed by atoms with E-state index < -0.39 is 11.8 Å². The van der Waals surface area contributed by atoms with Crippen molar-refractivity contribution in [1.82, 2.24) is 4.90 Å². The highest BCUT2D eigenvalue weighted by Gasteiger charge is 2.43. The first-order chi connectivity index (χ1) is 5.92. The molecule has 76 valence electrons. The second kappa shape index (κ2) is 3.70. The average molecular weight is 191 g/mol. The number of piperidine rings is 1. The van der Waals surface area contributed by atoms with Crippen LogP contribution in [0.15, 0.2) is 0 Å². The molecule has 4 heteroatoms. The smallest absolute Gasteiger partial charge is 0.263 e. The lowest BCUT2D eigenvalue weighted by Gasteiger charge is -2.36. The number of ketones is 1. The van der Waals surface area contributed by atoms with Gasteiger partial charge in [-0.05, 0) is 26.9 Å². The van der Waals surface area contributed by atoms with Crippen molar-refractivity contribution in [3.63, 3.8) is 0 Å². The van der Waals surface area contributed by atoms with Crippen molar-refractivity contribution in [2.75, 3.05) is 20.1 Å². The van der Waals surface area contributed by atoms with Crippen molar-refractivity contribution >= 4 is 5.78 Å². The van der Waals surface area contributed by atoms with Crippen LogP contribution in [0.2, 0.25) is 0 Å². The lowest BCUT2D eigenvalue weighted by Crippen LogP contribution is -2.47. The summed E-state index contributed by atoms with van der Waals surface area (Å²) in [5.74, 6) is -3.59. The molecule has 2 nitrogen and oxygen atoms in total. The summed E-state index contributed by atoms with van der Waals surface area (Å²) < 4.78 is 26.6. The lowest BCUT2D eigenvalue weighted by atomic mass is 9.89. The van der Waals surface area contributed by atoms with Crippen LogP contribution >= 0.6 is 0 Å². The molecule has 0 radical (unpaired) electrons. The summed E-state index contributed by atoms with van der Waals surface area (Å²) >= 11 is 0. The summed E-state index contributed by atoms with van der Waals surface area (Å²) in [4.78, 5) is 12.3. The first-order valence-electron chi connectivity index (χ1n) is 4.47. The van der Waals surface area contributed by atoms with Gasteiger partial charge in [-0.25, -0.2) is 8.78 Å². The molecule has 0 saturated carbocycles. The van der Waals surface area contributed by atoms with Gasteiger partial charge < -0.3 is 9.69 Å². The molecule has 0 aromatic rings. The largest absolute Gasteiger partial charge is 0.301 e. The van der Waals surface area contributed by atoms with Gasteiger partial charge in [0.1, 0.15) is 5.78 Å². The van der Waals surface area contributed by atoms with Gasteiger partial charge in [0.15, 0.2) is 0 Å². The molecule has 1 heterocycles. The van der Waals surface area contributed by atoms with Crippen molar-refractivity contribution in [1.29, 1.82) is 0 Å². The highest BCUT2D eigenvalue weighted by molar-refractivity contribution is 5.75. The van der Waals surface area contributed by atoms with Crippen LogP contribution in [0.25, 0.3) is 0 Å². The van der Waals surface area contributed by atoms with Gasteiger partial charge >= 0.3 is 0 Å². The van der Waals surface area contributed by atoms with E-state index in [2.05, 4.69) is 0 Å². The first kappa shape index (κ1) is 10.6. The van der Waals surface area contributed by atoms with Crippen molar-refractivity contribution in [2.24, 2.45) is 5.92 Å². The van der Waals surface area contributed by atoms with E-state index >= 15 is 0 Å². The maximum Gasteiger partial charge on any atom is 0.263 e. The minimum absolute atomic E-state index is 0.0147. The average Bonchev–Trinajstić information content (AvgIpc) is 1.93. The van der Waals surface area contributed by atoms with Gasteiger partial charge in [-0.3, -0.25) is 0 Å². The van der Waals surface area contributed by atoms with Gasteiger partial charge in [-0.15, -0.1) is 0 Å². The van der Waals surface area contributed by atoms with E-state index in [1.54, 1.807) is 11.9 Å². The molecule has 0 bridgehead atoms. The second-order valence-electron chi connectivity index (χ2n) is 3.89. The molecule has 0 amide bonds. The van der Waals surface area contributed by atoms with Crippen molar-refractivity contribution in [3.8, 4) is 0 Å². The number of halogens is 2. The Morgan fingerprint density at radius 1 is 1.62 bits per heavy atom. The van der Waals surface area contributed by atoms with E-state index in [0.717, 1.165) is 0 Å². The van der Waals surface area contributed by atoms with Crippen molar-refractivity contribution < 1.29 is 13.6 Å². The molecule has 0 aromatic carbocycles. The van der Waals surface area contributed by atoms with Crippen LogP contribution < -0.4 is 0 Å². The Labute approximate surface area is 76.9 Å². The zero-order valence-electron chi connectivity index (χ0n) is 8.02. The molecule has 1 fully saturated rings. The maximum absolute atomic E-state index is 13.3. The minimum Gasteiger partial charge on any atom is -0.301 e. The molecule has 1 aliphatic rings. The summed E-state index contributed by atoms with van der Waals surface area (Å²) in [7, 11) is 1.68. The van der Waals surface area contributed by atoms with E-state index in [1.807, 2.05) is 0 Å². The predicted octanol–water partition coefficient (Wildman–Crippen LogP) is 1.55. The minimum atomic E-state index is -2.70. The number of hydrogen-bond acceptors (Lipinski definition) is 2. The number of likely N-dealkylation sites (tertiary alicyclic amines) is 1. The predicted molar refractivity (Wildman–Crippen MR) is 45.8 cm³/mol. The number of hydrogen-bond donors (Lipinski definition) is 0. The normalized spacial score (nSPS) is 28.8. The third-order valence-electron chi connectivity index (χ3n) is 2.47. The van der Waals surface area contributed by atoms with Crippen LogP contribution in [0.5, 0.6) is 0 Å². The van der Waals surface area contributed by atoms with E-state index in [9.17, 15) is 13.6 Å². The third kappa shape index (κ3) is 2.72. The van der Waals surface area contributed by atoms with Crippen LogP contribution in [-0.4, -0.2) is 36.7 Å². The van der Waals surface area contributed by atoms with E-state index in [1.165, 1.54) is 6.92 Å². The fourth-order valence-electron chi connectivity index (χ4n) is 1.75. The Morgan fingerprint density at radius 2 is 2.23 bits per heavy atom. The van der Waals surface area contributed by atoms with E-state index in [4.69, 9.17) is 0 Å². The van der Waals surface area contributed by atoms with Crippen molar-refractivity contribution in [2.45, 2.75) is 25.7 Å². The van der Waals surface area contributed by atoms with Gasteiger partial charge in [0.2, 0.25) is 0 Å². The molecule has 0 N–H and O–H groups in total. The summed E-state index contributed by atoms with van der Waals surface area (Å²) in [6, 6.07) is 0. The fraction of sp³-hybridized carbons (Fsp3) is 0.889. The highest BCUT2D eigenvalue weighted by Crippen LogP contribution is 2.34. The van der Waals surface area contributed by atoms with Gasteiger partial charge in [0, 0.05) is 12.3 Å². The van der Waals surface area contributed by atoms with Crippen LogP contribution in [0.1, 0.15) is 19.8 Å². The molecule has 0 spiro atoms. The molecular weight excluding hydrogens is 176 g/mol. The molecule has 1 rings (SSSR count). The number of nitrogens with zero attached hydrogens (tertiary/aromatic N) is 1. The summed E-state index contributed by atoms with van der Waals surface area (Å²) in [5, 5.41) is 0. The topological polar surface area (TPSA) is 20.3 Å². The molecular formula is C9H15F2NO. The van der Waals surface area contributed by atoms with Crippen LogP contribution in [0, 0.1) is 5.92 Å². The first-order valence-corrected chi connectivity index (χ1v) is 4.47. The van der Waals surface area contributed by atoms with Crippen LogP contribution in [0.3, 0.4) is 0 Å². The zero-order chi connectivity index (χ0) is 10.1. The number of Topliss-reactive ketones (excluding diaryl/α,β-unsaturated/α-hetero) is 1. The Balaban J connectivity index is 2.59. The summed E-state index contributed by atoms with van der Waals surface area (Å²) in [6.07, 6.45) is 0.434. The molecule has 1 aliphatic heterocycles. The maximum atomic E-state index is 13.3. The molecule has 0 aliphatic carbocycles. The summed E-state index contributed by atoms with van der Waals surface area (Å²) in [5.41, 5.74) is 0. The Hall–Kier alpha value is -0.510. The van der Waals surface area contributed by atoms with Gasteiger partial charge in [-0.2, -0.15) is 0 Å². The molecule has 0 aromatic heterocycles. The lowest BCUT2D eigenvalue weighted by molar-refractivity contribution is -0.131.